The molecule has 2 bridgehead atoms. The van der Waals surface area contributed by atoms with E-state index in [0.29, 0.717) is 17.7 Å². The molecule has 3 aliphatic rings. The quantitative estimate of drug-likeness (QED) is 0.781. The van der Waals surface area contributed by atoms with Crippen molar-refractivity contribution in [3.63, 3.8) is 0 Å². The first-order valence-corrected chi connectivity index (χ1v) is 8.43. The minimum Gasteiger partial charge on any atom is -0.508 e. The lowest BCUT2D eigenvalue weighted by Gasteiger charge is -2.56. The van der Waals surface area contributed by atoms with Crippen LogP contribution < -0.4 is 5.32 Å². The highest BCUT2D eigenvalue weighted by atomic mass is 16.3. The lowest BCUT2D eigenvalue weighted by Crippen LogP contribution is -2.60. The predicted molar refractivity (Wildman–Crippen MR) is 87.3 cm³/mol. The second-order valence-corrected chi connectivity index (χ2v) is 7.13. The minimum absolute atomic E-state index is 0.159. The molecule has 1 saturated heterocycles. The summed E-state index contributed by atoms with van der Waals surface area (Å²) >= 11 is 0. The molecule has 2 aromatic carbocycles. The van der Waals surface area contributed by atoms with Crippen molar-refractivity contribution in [2.75, 3.05) is 6.54 Å². The highest BCUT2D eigenvalue weighted by Gasteiger charge is 2.53. The Labute approximate surface area is 131 Å². The topological polar surface area (TPSA) is 32.3 Å². The number of benzene rings is 2. The second-order valence-electron chi connectivity index (χ2n) is 7.13. The molecular weight excluding hydrogens is 270 g/mol. The van der Waals surface area contributed by atoms with E-state index in [1.807, 2.05) is 12.1 Å². The summed E-state index contributed by atoms with van der Waals surface area (Å²) in [6.45, 7) is 1.09. The number of nitrogens with one attached hydrogen (secondary N) is 1. The number of hydrogen-bond donors (Lipinski definition) is 2. The molecule has 0 spiro atoms. The Kier molecular flexibility index (Phi) is 2.52. The fraction of sp³-hybridized carbons (Fsp3) is 0.400. The highest BCUT2D eigenvalue weighted by Crippen LogP contribution is 2.55. The summed E-state index contributed by atoms with van der Waals surface area (Å²) in [7, 11) is 0. The number of phenols is 1. The molecule has 1 aliphatic heterocycles. The maximum atomic E-state index is 9.89. The first kappa shape index (κ1) is 12.7. The van der Waals surface area contributed by atoms with Crippen LogP contribution in [0.3, 0.4) is 0 Å². The summed E-state index contributed by atoms with van der Waals surface area (Å²) in [6.07, 6.45) is 4.65. The fourth-order valence-electron chi connectivity index (χ4n) is 5.51. The van der Waals surface area contributed by atoms with Gasteiger partial charge in [0.2, 0.25) is 0 Å². The Morgan fingerprint density at radius 1 is 1.05 bits per heavy atom. The molecule has 3 atom stereocenters. The average molecular weight is 291 g/mol. The van der Waals surface area contributed by atoms with Crippen LogP contribution in [0.2, 0.25) is 0 Å². The molecular formula is C20H21NO. The van der Waals surface area contributed by atoms with Crippen molar-refractivity contribution in [1.29, 1.82) is 0 Å². The van der Waals surface area contributed by atoms with Crippen molar-refractivity contribution in [2.45, 2.75) is 37.1 Å². The predicted octanol–water partition coefficient (Wildman–Crippen LogP) is 3.16. The van der Waals surface area contributed by atoms with Gasteiger partial charge in [-0.05, 0) is 72.5 Å². The lowest BCUT2D eigenvalue weighted by molar-refractivity contribution is 0.139. The van der Waals surface area contributed by atoms with E-state index in [4.69, 9.17) is 0 Å². The zero-order valence-corrected chi connectivity index (χ0v) is 12.7. The van der Waals surface area contributed by atoms with Gasteiger partial charge in [-0.3, -0.25) is 0 Å². The Balaban J connectivity index is 1.83. The van der Waals surface area contributed by atoms with Crippen LogP contribution in [0.4, 0.5) is 0 Å². The number of rotatable bonds is 0. The molecule has 2 nitrogen and oxygen atoms in total. The van der Waals surface area contributed by atoms with Gasteiger partial charge in [0.1, 0.15) is 5.75 Å². The first-order valence-electron chi connectivity index (χ1n) is 8.43. The van der Waals surface area contributed by atoms with E-state index >= 15 is 0 Å². The third-order valence-corrected chi connectivity index (χ3v) is 6.28. The molecule has 0 unspecified atom stereocenters. The number of aryl methyl sites for hydroxylation is 1. The second kappa shape index (κ2) is 4.36. The number of phenolic OH excluding ortho intramolecular Hbond substituents is 1. The van der Waals surface area contributed by atoms with Crippen LogP contribution in [-0.2, 0) is 18.3 Å². The van der Waals surface area contributed by atoms with Gasteiger partial charge in [-0.25, -0.2) is 0 Å². The van der Waals surface area contributed by atoms with E-state index in [2.05, 4.69) is 35.6 Å². The van der Waals surface area contributed by atoms with Gasteiger partial charge in [0, 0.05) is 11.5 Å². The van der Waals surface area contributed by atoms with Crippen molar-refractivity contribution in [3.05, 3.63) is 64.7 Å². The average Bonchev–Trinajstić information content (AvgIpc) is 2.54. The standard InChI is InChI=1S/C20H21NO/c22-15-6-8-17-14(11-15)5-7-18-19-12-13-3-1-2-4-16(13)20(17,18)9-10-21-19/h1-4,6,8,11,18-19,21-22H,5,7,9-10,12H2/t18-,19+,20-/m0/s1. The summed E-state index contributed by atoms with van der Waals surface area (Å²) in [5.41, 5.74) is 6.04. The maximum Gasteiger partial charge on any atom is 0.115 e. The molecule has 0 saturated carbocycles. The van der Waals surface area contributed by atoms with Crippen LogP contribution >= 0.6 is 0 Å². The molecule has 2 N–H and O–H groups in total. The molecule has 0 radical (unpaired) electrons. The van der Waals surface area contributed by atoms with E-state index in [1.54, 1.807) is 5.56 Å². The molecule has 1 fully saturated rings. The molecule has 0 amide bonds. The summed E-state index contributed by atoms with van der Waals surface area (Å²) in [5, 5.41) is 13.7. The fourth-order valence-corrected chi connectivity index (χ4v) is 5.51. The van der Waals surface area contributed by atoms with Gasteiger partial charge in [-0.2, -0.15) is 0 Å². The van der Waals surface area contributed by atoms with E-state index < -0.39 is 0 Å². The third kappa shape index (κ3) is 1.49. The van der Waals surface area contributed by atoms with Crippen LogP contribution in [0.1, 0.15) is 35.1 Å². The molecule has 1 heterocycles. The summed E-state index contributed by atoms with van der Waals surface area (Å²) in [5.74, 6) is 1.09. The molecule has 0 aromatic heterocycles. The van der Waals surface area contributed by atoms with Crippen molar-refractivity contribution in [3.8, 4) is 5.75 Å². The van der Waals surface area contributed by atoms with E-state index in [9.17, 15) is 5.11 Å². The van der Waals surface area contributed by atoms with Crippen LogP contribution in [0.5, 0.6) is 5.75 Å². The largest absolute Gasteiger partial charge is 0.508 e. The van der Waals surface area contributed by atoms with Crippen molar-refractivity contribution in [2.24, 2.45) is 5.92 Å². The zero-order valence-electron chi connectivity index (χ0n) is 12.7. The van der Waals surface area contributed by atoms with Gasteiger partial charge < -0.3 is 10.4 Å². The van der Waals surface area contributed by atoms with Gasteiger partial charge in [0.25, 0.3) is 0 Å². The monoisotopic (exact) mass is 291 g/mol. The van der Waals surface area contributed by atoms with Crippen LogP contribution in [0.25, 0.3) is 0 Å². The Morgan fingerprint density at radius 3 is 2.86 bits per heavy atom. The van der Waals surface area contributed by atoms with Crippen LogP contribution in [0.15, 0.2) is 42.5 Å². The summed E-state index contributed by atoms with van der Waals surface area (Å²) < 4.78 is 0. The molecule has 2 aromatic rings. The Morgan fingerprint density at radius 2 is 1.91 bits per heavy atom. The minimum atomic E-state index is 0.159. The number of fused-ring (bicyclic) bond motifs is 2. The molecule has 2 aliphatic carbocycles. The molecule has 22 heavy (non-hydrogen) atoms. The highest BCUT2D eigenvalue weighted by molar-refractivity contribution is 5.54. The van der Waals surface area contributed by atoms with Crippen molar-refractivity contribution >= 4 is 0 Å². The van der Waals surface area contributed by atoms with Gasteiger partial charge in [0.15, 0.2) is 0 Å². The van der Waals surface area contributed by atoms with Crippen LogP contribution in [-0.4, -0.2) is 17.7 Å². The van der Waals surface area contributed by atoms with Gasteiger partial charge in [-0.15, -0.1) is 0 Å². The lowest BCUT2D eigenvalue weighted by atomic mass is 9.51. The van der Waals surface area contributed by atoms with E-state index in [-0.39, 0.29) is 5.41 Å². The Hall–Kier alpha value is -1.80. The Bertz CT molecular complexity index is 753. The number of hydrogen-bond acceptors (Lipinski definition) is 2. The smallest absolute Gasteiger partial charge is 0.115 e. The zero-order chi connectivity index (χ0) is 14.7. The van der Waals surface area contributed by atoms with Gasteiger partial charge in [0.05, 0.1) is 0 Å². The first-order chi connectivity index (χ1) is 10.8. The normalized spacial score (nSPS) is 31.8. The summed E-state index contributed by atoms with van der Waals surface area (Å²) in [6, 6.07) is 15.7. The summed E-state index contributed by atoms with van der Waals surface area (Å²) in [4.78, 5) is 0. The number of aromatic hydroxyl groups is 1. The molecule has 5 rings (SSSR count). The van der Waals surface area contributed by atoms with E-state index in [0.717, 1.165) is 19.4 Å². The molecule has 2 heteroatoms. The third-order valence-electron chi connectivity index (χ3n) is 6.28. The van der Waals surface area contributed by atoms with Gasteiger partial charge in [-0.1, -0.05) is 30.3 Å². The maximum absolute atomic E-state index is 9.89. The number of piperidine rings is 1. The molecule has 112 valence electrons. The van der Waals surface area contributed by atoms with Crippen LogP contribution in [0, 0.1) is 5.92 Å². The van der Waals surface area contributed by atoms with E-state index in [1.165, 1.54) is 29.5 Å². The van der Waals surface area contributed by atoms with Crippen molar-refractivity contribution in [1.82, 2.24) is 5.32 Å². The SMILES string of the molecule is Oc1ccc2c(c1)CC[C@H]1[C@H]3Cc4ccccc4[C@@]21CCN3. The van der Waals surface area contributed by atoms with Crippen molar-refractivity contribution < 1.29 is 5.11 Å². The van der Waals surface area contributed by atoms with Gasteiger partial charge >= 0.3 is 0 Å².